The fourth-order valence-corrected chi connectivity index (χ4v) is 41.5. The summed E-state index contributed by atoms with van der Waals surface area (Å²) in [4.78, 5) is 0. The molecule has 12 aliphatic rings. The first-order valence-corrected chi connectivity index (χ1v) is 69.1. The number of rotatable bonds is 8. The molecule has 0 aliphatic heterocycles. The van der Waals surface area contributed by atoms with E-state index in [1.807, 2.05) is 0 Å². The van der Waals surface area contributed by atoms with Crippen molar-refractivity contribution < 1.29 is 0 Å². The molecular formula is C118H220Si6. The van der Waals surface area contributed by atoms with Gasteiger partial charge in [0.25, 0.3) is 0 Å². The molecule has 716 valence electrons. The van der Waals surface area contributed by atoms with Gasteiger partial charge < -0.3 is 0 Å². The predicted molar refractivity (Wildman–Crippen MR) is 588 cm³/mol. The summed E-state index contributed by atoms with van der Waals surface area (Å²) < 4.78 is 0. The van der Waals surface area contributed by atoms with Crippen LogP contribution < -0.4 is 20.7 Å². The molecule has 0 spiro atoms. The number of fused-ring (bicyclic) bond motifs is 12. The zero-order valence-corrected chi connectivity index (χ0v) is 99.8. The molecule has 0 radical (unpaired) electrons. The van der Waals surface area contributed by atoms with E-state index in [2.05, 4.69) is 478 Å². The summed E-state index contributed by atoms with van der Waals surface area (Å²) in [5.74, 6) is 8.09. The lowest BCUT2D eigenvalue weighted by molar-refractivity contribution is -0.104. The molecule has 0 N–H and O–H groups in total. The lowest BCUT2D eigenvalue weighted by Crippen LogP contribution is -2.61. The molecule has 0 saturated heterocycles. The van der Waals surface area contributed by atoms with Crippen LogP contribution >= 0.6 is 0 Å². The molecule has 0 nitrogen and oxygen atoms in total. The van der Waals surface area contributed by atoms with Crippen LogP contribution in [0, 0.1) is 90.7 Å². The Morgan fingerprint density at radius 3 is 0.355 bits per heavy atom. The largest absolute Gasteiger partial charge is 0.120 e. The SMILES string of the molecule is CC(C)(C)[Si](C)(C)C.CC(C)(C)[Si](C)(C)C.CC(C)(C)[Si](C)(c1ccccc1)c1ccccc1.CC(C)(C)[Si](C)(c1ccccc1)c1ccccc1.CC(C)[Si](C)(C(C)C)C(C)(C)C.CC(C)[Si](C)(C(C)C)C(C)(C)C.CC1(C)C2CCC(CC2)C1(C)C.CC1(C)C2CCC(CC2)C1(C)C.CC1(C)C2CCC(CC2)C1(C)C.CC1(C)C2CCC(CC2)C1(C)C. The summed E-state index contributed by atoms with van der Waals surface area (Å²) in [7, 11) is -7.34. The third-order valence-corrected chi connectivity index (χ3v) is 79.7. The number of benzene rings is 4. The molecule has 4 aromatic rings. The van der Waals surface area contributed by atoms with Crippen molar-refractivity contribution in [3.05, 3.63) is 121 Å². The normalized spacial score (nSPS) is 24.9. The molecule has 12 aliphatic carbocycles. The van der Waals surface area contributed by atoms with Crippen molar-refractivity contribution in [3.8, 4) is 0 Å². The van der Waals surface area contributed by atoms with E-state index in [0.29, 0.717) is 73.5 Å². The summed E-state index contributed by atoms with van der Waals surface area (Å²) in [5.41, 5.74) is 8.28. The van der Waals surface area contributed by atoms with Crippen LogP contribution in [0.2, 0.25) is 118 Å². The standard InChI is InChI=1S/2C17H22Si.4C12H22.2C11H26Si.2C7H18Si/c2*1-17(2,3)18(4,15-11-7-5-8-12-15)16-13-9-6-10-14-16;4*1-11(2)9-5-7-10(8-6-9)12(11,3)4;2*1-9(2)12(8,10(3)4)11(5,6)7;2*1-7(2,3)8(4,5)6/h2*5-14H,1-4H3;4*9-10H,5-8H2,1-4H3;2*9-10H,1-8H3;2*1-6H3. The van der Waals surface area contributed by atoms with Crippen molar-refractivity contribution >= 4 is 69.2 Å². The van der Waals surface area contributed by atoms with E-state index in [4.69, 9.17) is 0 Å². The van der Waals surface area contributed by atoms with Crippen LogP contribution in [0.25, 0.3) is 0 Å². The Labute approximate surface area is 786 Å². The summed E-state index contributed by atoms with van der Waals surface area (Å²) in [6.07, 6.45) is 24.0. The first kappa shape index (κ1) is 116. The van der Waals surface area contributed by atoms with Crippen molar-refractivity contribution in [1.82, 2.24) is 0 Å². The lowest BCUT2D eigenvalue weighted by Gasteiger charge is -2.60. The maximum absolute atomic E-state index is 2.56. The molecule has 0 unspecified atom stereocenters. The fourth-order valence-electron chi connectivity index (χ4n) is 24.3. The molecule has 12 saturated carbocycles. The van der Waals surface area contributed by atoms with Crippen molar-refractivity contribution in [2.45, 2.75) is 511 Å². The topological polar surface area (TPSA) is 0 Å². The van der Waals surface area contributed by atoms with E-state index in [0.717, 1.165) is 69.5 Å². The molecule has 12 fully saturated rings. The minimum absolute atomic E-state index is 0.301. The van der Waals surface area contributed by atoms with Crippen LogP contribution in [0.5, 0.6) is 0 Å². The quantitative estimate of drug-likeness (QED) is 0.154. The monoisotopic (exact) mass is 1810 g/mol. The Kier molecular flexibility index (Phi) is 40.2. The second-order valence-electron chi connectivity index (χ2n) is 56.9. The summed E-state index contributed by atoms with van der Waals surface area (Å²) in [6.45, 7) is 126. The Balaban J connectivity index is 0.000000359. The van der Waals surface area contributed by atoms with E-state index in [1.165, 1.54) is 123 Å². The third-order valence-electron chi connectivity index (χ3n) is 42.7. The van der Waals surface area contributed by atoms with Gasteiger partial charge >= 0.3 is 0 Å². The predicted octanol–water partition coefficient (Wildman–Crippen LogP) is 38.4. The zero-order chi connectivity index (χ0) is 96.7. The fraction of sp³-hybridized carbons (Fsp3) is 0.797. The molecule has 16 rings (SSSR count). The smallest absolute Gasteiger partial charge is 0.0692 e. The summed E-state index contributed by atoms with van der Waals surface area (Å²) in [6, 6.07) is 44.1. The molecule has 6 heteroatoms. The maximum Gasteiger partial charge on any atom is 0.120 e. The van der Waals surface area contributed by atoms with Gasteiger partial charge in [0, 0.05) is 16.1 Å². The Hall–Kier alpha value is -1.82. The van der Waals surface area contributed by atoms with Gasteiger partial charge in [-0.15, -0.1) is 0 Å². The lowest BCUT2D eigenvalue weighted by atomic mass is 9.45. The third kappa shape index (κ3) is 26.0. The Bertz CT molecular complexity index is 3150. The first-order valence-electron chi connectivity index (χ1n) is 51.8. The van der Waals surface area contributed by atoms with Gasteiger partial charge in [-0.1, -0.05) is 521 Å². The molecule has 0 aromatic heterocycles. The first-order chi connectivity index (χ1) is 55.5. The van der Waals surface area contributed by atoms with Crippen LogP contribution in [0.1, 0.15) is 394 Å². The summed E-state index contributed by atoms with van der Waals surface area (Å²) in [5, 5.41) is 8.90. The van der Waals surface area contributed by atoms with E-state index in [9.17, 15) is 0 Å². The van der Waals surface area contributed by atoms with Crippen molar-refractivity contribution in [3.63, 3.8) is 0 Å². The highest BCUT2D eigenvalue weighted by molar-refractivity contribution is 7.04. The van der Waals surface area contributed by atoms with Gasteiger partial charge in [-0.3, -0.25) is 0 Å². The van der Waals surface area contributed by atoms with Gasteiger partial charge in [0.1, 0.15) is 16.1 Å². The van der Waals surface area contributed by atoms with Crippen molar-refractivity contribution in [2.24, 2.45) is 90.7 Å². The molecule has 0 amide bonds. The van der Waals surface area contributed by atoms with Crippen LogP contribution in [-0.4, -0.2) is 48.4 Å². The van der Waals surface area contributed by atoms with E-state index in [1.54, 1.807) is 0 Å². The molecule has 4 aromatic carbocycles. The van der Waals surface area contributed by atoms with Crippen LogP contribution in [-0.2, 0) is 0 Å². The molecule has 0 atom stereocenters. The highest BCUT2D eigenvalue weighted by Crippen LogP contribution is 2.66. The molecule has 0 heterocycles. The molecule has 124 heavy (non-hydrogen) atoms. The van der Waals surface area contributed by atoms with E-state index < -0.39 is 48.4 Å². The molecular weight excluding hydrogens is 1590 g/mol. The van der Waals surface area contributed by atoms with E-state index >= 15 is 0 Å². The van der Waals surface area contributed by atoms with Crippen LogP contribution in [0.3, 0.4) is 0 Å². The minimum Gasteiger partial charge on any atom is -0.0692 e. The average Bonchev–Trinajstić information content (AvgIpc) is 0.731. The van der Waals surface area contributed by atoms with Crippen LogP contribution in [0.4, 0.5) is 0 Å². The van der Waals surface area contributed by atoms with E-state index in [-0.39, 0.29) is 0 Å². The number of hydrogen-bond donors (Lipinski definition) is 0. The van der Waals surface area contributed by atoms with Crippen molar-refractivity contribution in [2.75, 3.05) is 0 Å². The average molecular weight is 1810 g/mol. The van der Waals surface area contributed by atoms with Gasteiger partial charge in [-0.25, -0.2) is 0 Å². The maximum atomic E-state index is 2.56. The molecule has 8 bridgehead atoms. The summed E-state index contributed by atoms with van der Waals surface area (Å²) >= 11 is 0. The zero-order valence-electron chi connectivity index (χ0n) is 93.8. The Morgan fingerprint density at radius 2 is 0.298 bits per heavy atom. The highest BCUT2D eigenvalue weighted by Gasteiger charge is 2.58. The van der Waals surface area contributed by atoms with Gasteiger partial charge in [-0.2, -0.15) is 0 Å². The highest BCUT2D eigenvalue weighted by atomic mass is 28.3. The van der Waals surface area contributed by atoms with Gasteiger partial charge in [0.05, 0.1) is 16.1 Å². The second kappa shape index (κ2) is 42.8. The second-order valence-corrected chi connectivity index (χ2v) is 91.4. The van der Waals surface area contributed by atoms with Gasteiger partial charge in [0.2, 0.25) is 0 Å². The number of hydrogen-bond acceptors (Lipinski definition) is 0. The van der Waals surface area contributed by atoms with Gasteiger partial charge in [-0.05, 0) is 224 Å². The minimum atomic E-state index is -1.70. The van der Waals surface area contributed by atoms with Crippen LogP contribution in [0.15, 0.2) is 121 Å². The Morgan fingerprint density at radius 1 is 0.194 bits per heavy atom. The van der Waals surface area contributed by atoms with Crippen molar-refractivity contribution in [1.29, 1.82) is 0 Å². The van der Waals surface area contributed by atoms with Gasteiger partial charge in [0.15, 0.2) is 0 Å².